The van der Waals surface area contributed by atoms with E-state index < -0.39 is 6.03 Å². The number of amides is 3. The highest BCUT2D eigenvalue weighted by atomic mass is 16.5. The van der Waals surface area contributed by atoms with Gasteiger partial charge in [-0.1, -0.05) is 13.0 Å². The Morgan fingerprint density at radius 3 is 2.68 bits per heavy atom. The average Bonchev–Trinajstić information content (AvgIpc) is 2.61. The minimum absolute atomic E-state index is 0.0975. The van der Waals surface area contributed by atoms with Crippen molar-refractivity contribution < 1.29 is 14.3 Å². The molecule has 1 aromatic carbocycles. The molecule has 1 atom stereocenters. The number of aromatic nitrogens is 1. The average molecular weight is 342 g/mol. The molecule has 2 rings (SSSR count). The lowest BCUT2D eigenvalue weighted by molar-refractivity contribution is -0.115. The van der Waals surface area contributed by atoms with Crippen LogP contribution in [-0.2, 0) is 4.79 Å². The second-order valence-electron chi connectivity index (χ2n) is 5.46. The predicted molar refractivity (Wildman–Crippen MR) is 96.7 cm³/mol. The normalized spacial score (nSPS) is 11.3. The summed E-state index contributed by atoms with van der Waals surface area (Å²) >= 11 is 0. The topological polar surface area (TPSA) is 92.4 Å². The SMILES string of the molecule is CC[C@@H](C)Oc1cccc(NC(=O)NCC(=O)Nc2cccnc2)c1. The van der Waals surface area contributed by atoms with Crippen LogP contribution in [-0.4, -0.2) is 29.6 Å². The molecule has 0 fully saturated rings. The number of hydrogen-bond donors (Lipinski definition) is 3. The molecule has 132 valence electrons. The van der Waals surface area contributed by atoms with Crippen molar-refractivity contribution in [3.05, 3.63) is 48.8 Å². The van der Waals surface area contributed by atoms with Crippen LogP contribution in [0.1, 0.15) is 20.3 Å². The highest BCUT2D eigenvalue weighted by Gasteiger charge is 2.07. The van der Waals surface area contributed by atoms with Gasteiger partial charge in [0.2, 0.25) is 5.91 Å². The summed E-state index contributed by atoms with van der Waals surface area (Å²) in [7, 11) is 0. The Morgan fingerprint density at radius 2 is 1.96 bits per heavy atom. The van der Waals surface area contributed by atoms with Crippen LogP contribution in [0.3, 0.4) is 0 Å². The van der Waals surface area contributed by atoms with Gasteiger partial charge in [-0.25, -0.2) is 4.79 Å². The molecule has 0 aliphatic carbocycles. The molecule has 3 amide bonds. The van der Waals surface area contributed by atoms with Crippen LogP contribution in [0, 0.1) is 0 Å². The first-order chi connectivity index (χ1) is 12.1. The Bertz CT molecular complexity index is 706. The molecule has 0 unspecified atom stereocenters. The quantitative estimate of drug-likeness (QED) is 0.721. The molecular formula is C18H22N4O3. The third kappa shape index (κ3) is 6.50. The first-order valence-corrected chi connectivity index (χ1v) is 8.08. The van der Waals surface area contributed by atoms with E-state index in [1.165, 1.54) is 6.20 Å². The lowest BCUT2D eigenvalue weighted by Gasteiger charge is -2.14. The summed E-state index contributed by atoms with van der Waals surface area (Å²) in [6.07, 6.45) is 4.13. The van der Waals surface area contributed by atoms with E-state index in [1.807, 2.05) is 19.9 Å². The van der Waals surface area contributed by atoms with Crippen LogP contribution in [0.5, 0.6) is 5.75 Å². The van der Waals surface area contributed by atoms with E-state index in [-0.39, 0.29) is 18.6 Å². The zero-order valence-electron chi connectivity index (χ0n) is 14.3. The summed E-state index contributed by atoms with van der Waals surface area (Å²) < 4.78 is 5.71. The number of urea groups is 1. The van der Waals surface area contributed by atoms with Crippen molar-refractivity contribution >= 4 is 23.3 Å². The van der Waals surface area contributed by atoms with Crippen LogP contribution >= 0.6 is 0 Å². The number of rotatable bonds is 7. The number of pyridine rings is 1. The third-order valence-corrected chi connectivity index (χ3v) is 3.36. The van der Waals surface area contributed by atoms with Crippen molar-refractivity contribution in [2.24, 2.45) is 0 Å². The fourth-order valence-corrected chi connectivity index (χ4v) is 1.94. The zero-order valence-corrected chi connectivity index (χ0v) is 14.3. The van der Waals surface area contributed by atoms with Gasteiger partial charge >= 0.3 is 6.03 Å². The maximum atomic E-state index is 11.9. The van der Waals surface area contributed by atoms with Gasteiger partial charge in [0, 0.05) is 18.0 Å². The van der Waals surface area contributed by atoms with Gasteiger partial charge in [-0.05, 0) is 37.6 Å². The van der Waals surface area contributed by atoms with Gasteiger partial charge in [0.05, 0.1) is 24.5 Å². The zero-order chi connectivity index (χ0) is 18.1. The van der Waals surface area contributed by atoms with Gasteiger partial charge in [-0.15, -0.1) is 0 Å². The van der Waals surface area contributed by atoms with E-state index in [2.05, 4.69) is 20.9 Å². The van der Waals surface area contributed by atoms with Crippen LogP contribution in [0.15, 0.2) is 48.8 Å². The van der Waals surface area contributed by atoms with E-state index in [9.17, 15) is 9.59 Å². The lowest BCUT2D eigenvalue weighted by atomic mass is 10.3. The molecule has 0 radical (unpaired) electrons. The van der Waals surface area contributed by atoms with Crippen LogP contribution in [0.2, 0.25) is 0 Å². The van der Waals surface area contributed by atoms with Crippen molar-refractivity contribution in [2.45, 2.75) is 26.4 Å². The van der Waals surface area contributed by atoms with Crippen molar-refractivity contribution in [1.29, 1.82) is 0 Å². The van der Waals surface area contributed by atoms with Gasteiger partial charge < -0.3 is 20.7 Å². The second-order valence-corrected chi connectivity index (χ2v) is 5.46. The summed E-state index contributed by atoms with van der Waals surface area (Å²) in [5.74, 6) is 0.346. The Morgan fingerprint density at radius 1 is 1.16 bits per heavy atom. The van der Waals surface area contributed by atoms with E-state index in [4.69, 9.17) is 4.74 Å². The molecule has 0 bridgehead atoms. The minimum atomic E-state index is -0.470. The molecule has 0 aliphatic rings. The summed E-state index contributed by atoms with van der Waals surface area (Å²) in [6.45, 7) is 3.87. The fraction of sp³-hybridized carbons (Fsp3) is 0.278. The van der Waals surface area contributed by atoms with Gasteiger partial charge in [0.25, 0.3) is 0 Å². The Labute approximate surface area is 146 Å². The number of benzene rings is 1. The standard InChI is InChI=1S/C18H22N4O3/c1-3-13(2)25-16-8-4-6-14(10-16)22-18(24)20-12-17(23)21-15-7-5-9-19-11-15/h4-11,13H,3,12H2,1-2H3,(H,21,23)(H2,20,22,24)/t13-/m1/s1. The van der Waals surface area contributed by atoms with Crippen LogP contribution in [0.4, 0.5) is 16.2 Å². The fourth-order valence-electron chi connectivity index (χ4n) is 1.94. The number of hydrogen-bond acceptors (Lipinski definition) is 4. The van der Waals surface area contributed by atoms with Crippen molar-refractivity contribution in [1.82, 2.24) is 10.3 Å². The molecular weight excluding hydrogens is 320 g/mol. The summed E-state index contributed by atoms with van der Waals surface area (Å²) in [4.78, 5) is 27.6. The maximum absolute atomic E-state index is 11.9. The number of carbonyl (C=O) groups excluding carboxylic acids is 2. The summed E-state index contributed by atoms with van der Waals surface area (Å²) in [5, 5.41) is 7.80. The van der Waals surface area contributed by atoms with Gasteiger partial charge in [0.15, 0.2) is 0 Å². The first-order valence-electron chi connectivity index (χ1n) is 8.08. The Kier molecular flexibility index (Phi) is 6.76. The molecule has 7 nitrogen and oxygen atoms in total. The molecule has 1 heterocycles. The molecule has 0 spiro atoms. The molecule has 2 aromatic rings. The van der Waals surface area contributed by atoms with Gasteiger partial charge in [0.1, 0.15) is 5.75 Å². The lowest BCUT2D eigenvalue weighted by Crippen LogP contribution is -2.35. The van der Waals surface area contributed by atoms with Crippen molar-refractivity contribution in [3.63, 3.8) is 0 Å². The number of carbonyl (C=O) groups is 2. The van der Waals surface area contributed by atoms with E-state index in [0.717, 1.165) is 6.42 Å². The molecule has 0 saturated carbocycles. The molecule has 3 N–H and O–H groups in total. The van der Waals surface area contributed by atoms with Crippen molar-refractivity contribution in [3.8, 4) is 5.75 Å². The highest BCUT2D eigenvalue weighted by molar-refractivity contribution is 5.96. The van der Waals surface area contributed by atoms with Gasteiger partial charge in [-0.2, -0.15) is 0 Å². The number of ether oxygens (including phenoxy) is 1. The molecule has 0 aliphatic heterocycles. The number of anilines is 2. The monoisotopic (exact) mass is 342 g/mol. The van der Waals surface area contributed by atoms with Gasteiger partial charge in [-0.3, -0.25) is 9.78 Å². The minimum Gasteiger partial charge on any atom is -0.491 e. The third-order valence-electron chi connectivity index (χ3n) is 3.36. The first kappa shape index (κ1) is 18.3. The largest absolute Gasteiger partial charge is 0.491 e. The van der Waals surface area contributed by atoms with Crippen LogP contribution in [0.25, 0.3) is 0 Å². The highest BCUT2D eigenvalue weighted by Crippen LogP contribution is 2.19. The predicted octanol–water partition coefficient (Wildman–Crippen LogP) is 3.02. The smallest absolute Gasteiger partial charge is 0.319 e. The Balaban J connectivity index is 1.80. The van der Waals surface area contributed by atoms with Crippen LogP contribution < -0.4 is 20.7 Å². The second kappa shape index (κ2) is 9.27. The Hall–Kier alpha value is -3.09. The van der Waals surface area contributed by atoms with E-state index in [1.54, 1.807) is 36.5 Å². The number of nitrogens with one attached hydrogen (secondary N) is 3. The number of nitrogens with zero attached hydrogens (tertiary/aromatic N) is 1. The maximum Gasteiger partial charge on any atom is 0.319 e. The van der Waals surface area contributed by atoms with E-state index >= 15 is 0 Å². The molecule has 7 heteroatoms. The van der Waals surface area contributed by atoms with E-state index in [0.29, 0.717) is 17.1 Å². The summed E-state index contributed by atoms with van der Waals surface area (Å²) in [6, 6.07) is 10.1. The molecule has 1 aromatic heterocycles. The molecule has 25 heavy (non-hydrogen) atoms. The summed E-state index contributed by atoms with van der Waals surface area (Å²) in [5.41, 5.74) is 1.16. The molecule has 0 saturated heterocycles. The van der Waals surface area contributed by atoms with Crippen molar-refractivity contribution in [2.75, 3.05) is 17.2 Å².